The highest BCUT2D eigenvalue weighted by Crippen LogP contribution is 2.11. The molecule has 0 unspecified atom stereocenters. The summed E-state index contributed by atoms with van der Waals surface area (Å²) in [6.07, 6.45) is 0. The van der Waals surface area contributed by atoms with Crippen molar-refractivity contribution in [3.8, 4) is 5.75 Å². The molecule has 0 radical (unpaired) electrons. The van der Waals surface area contributed by atoms with Gasteiger partial charge in [0.05, 0.1) is 6.54 Å². The Balaban J connectivity index is 1.90. The van der Waals surface area contributed by atoms with Crippen LogP contribution in [-0.4, -0.2) is 31.0 Å². The van der Waals surface area contributed by atoms with Gasteiger partial charge >= 0.3 is 0 Å². The molecule has 2 aromatic carbocycles. The Kier molecular flexibility index (Phi) is 4.87. The molecule has 0 saturated heterocycles. The summed E-state index contributed by atoms with van der Waals surface area (Å²) in [5, 5.41) is 0. The lowest BCUT2D eigenvalue weighted by Crippen LogP contribution is -2.31. The van der Waals surface area contributed by atoms with Crippen LogP contribution in [0.2, 0.25) is 0 Å². The molecular weight excluding hydrogens is 276 g/mol. The summed E-state index contributed by atoms with van der Waals surface area (Å²) in [6, 6.07) is 11.9. The van der Waals surface area contributed by atoms with Crippen LogP contribution in [0.25, 0.3) is 0 Å². The molecule has 0 fully saturated rings. The van der Waals surface area contributed by atoms with Crippen LogP contribution in [0, 0.1) is 11.6 Å². The van der Waals surface area contributed by atoms with Crippen molar-refractivity contribution in [2.45, 2.75) is 0 Å². The van der Waals surface area contributed by atoms with E-state index in [-0.39, 0.29) is 5.56 Å². The first-order chi connectivity index (χ1) is 10.1. The summed E-state index contributed by atoms with van der Waals surface area (Å²) >= 11 is 0. The van der Waals surface area contributed by atoms with Crippen LogP contribution in [0.3, 0.4) is 0 Å². The van der Waals surface area contributed by atoms with Crippen molar-refractivity contribution >= 4 is 5.91 Å². The van der Waals surface area contributed by atoms with Gasteiger partial charge in [-0.1, -0.05) is 18.2 Å². The molecule has 2 rings (SSSR count). The van der Waals surface area contributed by atoms with Crippen molar-refractivity contribution < 1.29 is 18.3 Å². The van der Waals surface area contributed by atoms with E-state index >= 15 is 0 Å². The molecule has 110 valence electrons. The van der Waals surface area contributed by atoms with Crippen molar-refractivity contribution in [3.05, 3.63) is 65.7 Å². The fraction of sp³-hybridized carbons (Fsp3) is 0.188. The fourth-order valence-corrected chi connectivity index (χ4v) is 1.82. The molecule has 21 heavy (non-hydrogen) atoms. The van der Waals surface area contributed by atoms with Crippen molar-refractivity contribution in [2.24, 2.45) is 0 Å². The van der Waals surface area contributed by atoms with Gasteiger partial charge < -0.3 is 9.64 Å². The highest BCUT2D eigenvalue weighted by molar-refractivity contribution is 5.94. The van der Waals surface area contributed by atoms with Gasteiger partial charge in [0.25, 0.3) is 5.91 Å². The molecule has 5 heteroatoms. The minimum Gasteiger partial charge on any atom is -0.492 e. The van der Waals surface area contributed by atoms with Crippen molar-refractivity contribution in [1.82, 2.24) is 4.90 Å². The average Bonchev–Trinajstić information content (AvgIpc) is 2.46. The van der Waals surface area contributed by atoms with Crippen LogP contribution >= 0.6 is 0 Å². The lowest BCUT2D eigenvalue weighted by molar-refractivity contribution is 0.0772. The fourth-order valence-electron chi connectivity index (χ4n) is 1.82. The van der Waals surface area contributed by atoms with E-state index in [0.29, 0.717) is 18.9 Å². The summed E-state index contributed by atoms with van der Waals surface area (Å²) in [5.41, 5.74) is -0.0188. The summed E-state index contributed by atoms with van der Waals surface area (Å²) in [7, 11) is 1.56. The van der Waals surface area contributed by atoms with Crippen LogP contribution in [0.4, 0.5) is 8.78 Å². The van der Waals surface area contributed by atoms with E-state index in [1.807, 2.05) is 30.3 Å². The van der Waals surface area contributed by atoms with Crippen LogP contribution in [-0.2, 0) is 0 Å². The third kappa shape index (κ3) is 4.27. The zero-order valence-electron chi connectivity index (χ0n) is 11.6. The predicted octanol–water partition coefficient (Wildman–Crippen LogP) is 3.12. The topological polar surface area (TPSA) is 29.5 Å². The number of likely N-dealkylation sites (N-methyl/N-ethyl adjacent to an activating group) is 1. The lowest BCUT2D eigenvalue weighted by Gasteiger charge is -2.17. The smallest absolute Gasteiger partial charge is 0.253 e. The zero-order chi connectivity index (χ0) is 15.2. The molecule has 0 aliphatic heterocycles. The minimum absolute atomic E-state index is 0.0188. The van der Waals surface area contributed by atoms with Crippen LogP contribution in [0.5, 0.6) is 5.75 Å². The van der Waals surface area contributed by atoms with Gasteiger partial charge in [-0.25, -0.2) is 8.78 Å². The highest BCUT2D eigenvalue weighted by Gasteiger charge is 2.13. The summed E-state index contributed by atoms with van der Waals surface area (Å²) in [6.45, 7) is 0.607. The van der Waals surface area contributed by atoms with Crippen LogP contribution < -0.4 is 4.74 Å². The Labute approximate surface area is 121 Å². The summed E-state index contributed by atoms with van der Waals surface area (Å²) in [5.74, 6) is -1.29. The van der Waals surface area contributed by atoms with E-state index in [9.17, 15) is 13.6 Å². The molecule has 0 atom stereocenters. The predicted molar refractivity (Wildman–Crippen MR) is 75.3 cm³/mol. The van der Waals surface area contributed by atoms with Gasteiger partial charge in [-0.05, 0) is 24.3 Å². The Morgan fingerprint density at radius 2 is 1.71 bits per heavy atom. The number of hydrogen-bond acceptors (Lipinski definition) is 2. The molecule has 0 spiro atoms. The average molecular weight is 291 g/mol. The maximum atomic E-state index is 13.1. The number of nitrogens with zero attached hydrogens (tertiary/aromatic N) is 1. The third-order valence-electron chi connectivity index (χ3n) is 2.89. The number of rotatable bonds is 5. The molecule has 0 aliphatic rings. The molecule has 0 N–H and O–H groups in total. The Morgan fingerprint density at radius 1 is 1.10 bits per heavy atom. The van der Waals surface area contributed by atoms with E-state index in [4.69, 9.17) is 4.74 Å². The number of amides is 1. The molecule has 2 aromatic rings. The molecule has 0 aromatic heterocycles. The van der Waals surface area contributed by atoms with Gasteiger partial charge in [0.15, 0.2) is 0 Å². The third-order valence-corrected chi connectivity index (χ3v) is 2.89. The summed E-state index contributed by atoms with van der Waals surface area (Å²) < 4.78 is 31.6. The Bertz CT molecular complexity index is 597. The van der Waals surface area contributed by atoms with Gasteiger partial charge in [0.1, 0.15) is 24.0 Å². The molecule has 0 saturated carbocycles. The quantitative estimate of drug-likeness (QED) is 0.847. The molecule has 1 amide bonds. The first-order valence-corrected chi connectivity index (χ1v) is 6.45. The second-order valence-corrected chi connectivity index (χ2v) is 4.55. The standard InChI is InChI=1S/C16H15F2NO2/c1-19(7-8-21-15-5-3-2-4-6-15)16(20)12-9-13(17)11-14(18)10-12/h2-6,9-11H,7-8H2,1H3. The van der Waals surface area contributed by atoms with Crippen molar-refractivity contribution in [2.75, 3.05) is 20.2 Å². The van der Waals surface area contributed by atoms with E-state index in [0.717, 1.165) is 18.2 Å². The number of carbonyl (C=O) groups is 1. The first kappa shape index (κ1) is 15.0. The van der Waals surface area contributed by atoms with E-state index < -0.39 is 17.5 Å². The largest absolute Gasteiger partial charge is 0.492 e. The van der Waals surface area contributed by atoms with E-state index in [2.05, 4.69) is 0 Å². The molecule has 0 heterocycles. The Morgan fingerprint density at radius 3 is 2.33 bits per heavy atom. The minimum atomic E-state index is -0.771. The zero-order valence-corrected chi connectivity index (χ0v) is 11.6. The maximum absolute atomic E-state index is 13.1. The number of hydrogen-bond donors (Lipinski definition) is 0. The normalized spacial score (nSPS) is 10.2. The first-order valence-electron chi connectivity index (χ1n) is 6.45. The second kappa shape index (κ2) is 6.83. The van der Waals surface area contributed by atoms with Gasteiger partial charge in [0, 0.05) is 18.7 Å². The number of halogens is 2. The number of carbonyl (C=O) groups excluding carboxylic acids is 1. The summed E-state index contributed by atoms with van der Waals surface area (Å²) in [4.78, 5) is 13.4. The maximum Gasteiger partial charge on any atom is 0.253 e. The molecular formula is C16H15F2NO2. The number of benzene rings is 2. The second-order valence-electron chi connectivity index (χ2n) is 4.55. The van der Waals surface area contributed by atoms with Gasteiger partial charge in [-0.15, -0.1) is 0 Å². The van der Waals surface area contributed by atoms with Crippen molar-refractivity contribution in [3.63, 3.8) is 0 Å². The molecule has 0 bridgehead atoms. The van der Waals surface area contributed by atoms with E-state index in [1.165, 1.54) is 4.90 Å². The van der Waals surface area contributed by atoms with Crippen LogP contribution in [0.1, 0.15) is 10.4 Å². The molecule has 3 nitrogen and oxygen atoms in total. The van der Waals surface area contributed by atoms with Crippen molar-refractivity contribution in [1.29, 1.82) is 0 Å². The number of para-hydroxylation sites is 1. The lowest BCUT2D eigenvalue weighted by atomic mass is 10.2. The van der Waals surface area contributed by atoms with Gasteiger partial charge in [-0.3, -0.25) is 4.79 Å². The SMILES string of the molecule is CN(CCOc1ccccc1)C(=O)c1cc(F)cc(F)c1. The van der Waals surface area contributed by atoms with Crippen LogP contribution in [0.15, 0.2) is 48.5 Å². The van der Waals surface area contributed by atoms with Gasteiger partial charge in [-0.2, -0.15) is 0 Å². The Hall–Kier alpha value is -2.43. The van der Waals surface area contributed by atoms with Gasteiger partial charge in [0.2, 0.25) is 0 Å². The van der Waals surface area contributed by atoms with E-state index in [1.54, 1.807) is 7.05 Å². The number of ether oxygens (including phenoxy) is 1. The monoisotopic (exact) mass is 291 g/mol. The molecule has 0 aliphatic carbocycles. The highest BCUT2D eigenvalue weighted by atomic mass is 19.1.